The van der Waals surface area contributed by atoms with Gasteiger partial charge in [0, 0.05) is 25.7 Å². The van der Waals surface area contributed by atoms with Crippen LogP contribution < -0.4 is 5.73 Å². The first-order valence-corrected chi connectivity index (χ1v) is 6.62. The number of hydrogen-bond donors (Lipinski definition) is 1. The average molecular weight is 250 g/mol. The molecular formula is C15H26N2O. The van der Waals surface area contributed by atoms with E-state index in [1.54, 1.807) is 7.11 Å². The fourth-order valence-corrected chi connectivity index (χ4v) is 2.01. The average Bonchev–Trinajstić information content (AvgIpc) is 2.38. The molecule has 102 valence electrons. The van der Waals surface area contributed by atoms with Gasteiger partial charge in [0.1, 0.15) is 0 Å². The van der Waals surface area contributed by atoms with Crippen LogP contribution >= 0.6 is 0 Å². The molecule has 0 amide bonds. The summed E-state index contributed by atoms with van der Waals surface area (Å²) < 4.78 is 5.15. The molecule has 0 aromatic heterocycles. The molecule has 1 aromatic carbocycles. The van der Waals surface area contributed by atoms with Crippen LogP contribution in [0.4, 0.5) is 0 Å². The van der Waals surface area contributed by atoms with Crippen LogP contribution in [0.15, 0.2) is 30.3 Å². The summed E-state index contributed by atoms with van der Waals surface area (Å²) in [7, 11) is 3.84. The van der Waals surface area contributed by atoms with E-state index in [0.29, 0.717) is 6.04 Å². The summed E-state index contributed by atoms with van der Waals surface area (Å²) in [6.07, 6.45) is 2.07. The summed E-state index contributed by atoms with van der Waals surface area (Å²) in [6.45, 7) is 3.83. The van der Waals surface area contributed by atoms with E-state index in [-0.39, 0.29) is 6.04 Å². The third-order valence-corrected chi connectivity index (χ3v) is 3.33. The quantitative estimate of drug-likeness (QED) is 0.766. The fourth-order valence-electron chi connectivity index (χ4n) is 2.01. The minimum absolute atomic E-state index is 0.217. The molecular weight excluding hydrogens is 224 g/mol. The van der Waals surface area contributed by atoms with Crippen molar-refractivity contribution in [3.63, 3.8) is 0 Å². The Morgan fingerprint density at radius 1 is 1.28 bits per heavy atom. The lowest BCUT2D eigenvalue weighted by Crippen LogP contribution is -2.41. The van der Waals surface area contributed by atoms with Crippen molar-refractivity contribution in [1.29, 1.82) is 0 Å². The van der Waals surface area contributed by atoms with Gasteiger partial charge in [-0.25, -0.2) is 0 Å². The van der Waals surface area contributed by atoms with Crippen molar-refractivity contribution in [1.82, 2.24) is 4.90 Å². The van der Waals surface area contributed by atoms with E-state index >= 15 is 0 Å². The first kappa shape index (κ1) is 15.2. The van der Waals surface area contributed by atoms with Gasteiger partial charge in [0.2, 0.25) is 0 Å². The number of ether oxygens (including phenoxy) is 1. The van der Waals surface area contributed by atoms with Crippen LogP contribution in [0.1, 0.15) is 18.9 Å². The highest BCUT2D eigenvalue weighted by atomic mass is 16.5. The highest BCUT2D eigenvalue weighted by Crippen LogP contribution is 2.06. The normalized spacial score (nSPS) is 14.7. The van der Waals surface area contributed by atoms with Gasteiger partial charge in [-0.15, -0.1) is 0 Å². The van der Waals surface area contributed by atoms with Crippen molar-refractivity contribution >= 4 is 0 Å². The summed E-state index contributed by atoms with van der Waals surface area (Å²) >= 11 is 0. The molecule has 2 unspecified atom stereocenters. The van der Waals surface area contributed by atoms with Crippen LogP contribution in [-0.2, 0) is 11.2 Å². The third-order valence-electron chi connectivity index (χ3n) is 3.33. The van der Waals surface area contributed by atoms with Gasteiger partial charge in [0.25, 0.3) is 0 Å². The van der Waals surface area contributed by atoms with Crippen LogP contribution in [-0.4, -0.2) is 44.3 Å². The molecule has 0 fully saturated rings. The van der Waals surface area contributed by atoms with Crippen molar-refractivity contribution in [3.8, 4) is 0 Å². The van der Waals surface area contributed by atoms with E-state index in [0.717, 1.165) is 26.0 Å². The largest absolute Gasteiger partial charge is 0.383 e. The highest BCUT2D eigenvalue weighted by Gasteiger charge is 2.12. The molecule has 3 heteroatoms. The van der Waals surface area contributed by atoms with Gasteiger partial charge in [-0.1, -0.05) is 30.3 Å². The zero-order valence-corrected chi connectivity index (χ0v) is 11.8. The Balaban J connectivity index is 2.27. The monoisotopic (exact) mass is 250 g/mol. The van der Waals surface area contributed by atoms with Gasteiger partial charge in [-0.3, -0.25) is 4.90 Å². The number of aryl methyl sites for hydroxylation is 1. The SMILES string of the molecule is COCC(C)N(C)CC(N)CCc1ccccc1. The molecule has 0 aliphatic rings. The third kappa shape index (κ3) is 5.63. The van der Waals surface area contributed by atoms with Crippen LogP contribution in [0, 0.1) is 0 Å². The summed E-state index contributed by atoms with van der Waals surface area (Å²) in [4.78, 5) is 2.26. The topological polar surface area (TPSA) is 38.5 Å². The summed E-state index contributed by atoms with van der Waals surface area (Å²) in [5.41, 5.74) is 7.54. The standard InChI is InChI=1S/C15H26N2O/c1-13(12-18-3)17(2)11-15(16)10-9-14-7-5-4-6-8-14/h4-8,13,15H,9-12,16H2,1-3H3. The second kappa shape index (κ2) is 8.25. The zero-order chi connectivity index (χ0) is 13.4. The summed E-state index contributed by atoms with van der Waals surface area (Å²) in [5, 5.41) is 0. The number of hydrogen-bond acceptors (Lipinski definition) is 3. The number of nitrogens with zero attached hydrogens (tertiary/aromatic N) is 1. The molecule has 2 N–H and O–H groups in total. The fraction of sp³-hybridized carbons (Fsp3) is 0.600. The number of benzene rings is 1. The molecule has 0 heterocycles. The number of rotatable bonds is 8. The van der Waals surface area contributed by atoms with Crippen molar-refractivity contribution in [2.45, 2.75) is 31.8 Å². The molecule has 0 radical (unpaired) electrons. The Morgan fingerprint density at radius 2 is 1.94 bits per heavy atom. The lowest BCUT2D eigenvalue weighted by molar-refractivity contribution is 0.111. The second-order valence-corrected chi connectivity index (χ2v) is 5.03. The first-order chi connectivity index (χ1) is 8.63. The van der Waals surface area contributed by atoms with Gasteiger partial charge in [0.15, 0.2) is 0 Å². The smallest absolute Gasteiger partial charge is 0.0615 e. The van der Waals surface area contributed by atoms with E-state index < -0.39 is 0 Å². The maximum Gasteiger partial charge on any atom is 0.0615 e. The minimum Gasteiger partial charge on any atom is -0.383 e. The minimum atomic E-state index is 0.217. The number of methoxy groups -OCH3 is 1. The van der Waals surface area contributed by atoms with Crippen molar-refractivity contribution in [2.75, 3.05) is 27.3 Å². The van der Waals surface area contributed by atoms with Crippen LogP contribution in [0.3, 0.4) is 0 Å². The van der Waals surface area contributed by atoms with Gasteiger partial charge in [0.05, 0.1) is 6.61 Å². The molecule has 0 aliphatic carbocycles. The lowest BCUT2D eigenvalue weighted by atomic mass is 10.1. The predicted molar refractivity (Wildman–Crippen MR) is 76.7 cm³/mol. The molecule has 2 atom stereocenters. The van der Waals surface area contributed by atoms with Crippen molar-refractivity contribution < 1.29 is 4.74 Å². The van der Waals surface area contributed by atoms with E-state index in [9.17, 15) is 0 Å². The zero-order valence-electron chi connectivity index (χ0n) is 11.8. The maximum absolute atomic E-state index is 6.17. The number of nitrogens with two attached hydrogens (primary N) is 1. The molecule has 1 aromatic rings. The molecule has 0 saturated carbocycles. The van der Waals surface area contributed by atoms with Crippen LogP contribution in [0.25, 0.3) is 0 Å². The van der Waals surface area contributed by atoms with E-state index in [1.807, 2.05) is 6.07 Å². The first-order valence-electron chi connectivity index (χ1n) is 6.62. The molecule has 0 spiro atoms. The predicted octanol–water partition coefficient (Wildman–Crippen LogP) is 1.91. The van der Waals surface area contributed by atoms with Gasteiger partial charge >= 0.3 is 0 Å². The van der Waals surface area contributed by atoms with Gasteiger partial charge < -0.3 is 10.5 Å². The highest BCUT2D eigenvalue weighted by molar-refractivity contribution is 5.14. The Morgan fingerprint density at radius 3 is 2.56 bits per heavy atom. The van der Waals surface area contributed by atoms with Crippen molar-refractivity contribution in [2.24, 2.45) is 5.73 Å². The molecule has 3 nitrogen and oxygen atoms in total. The van der Waals surface area contributed by atoms with E-state index in [4.69, 9.17) is 10.5 Å². The van der Waals surface area contributed by atoms with Crippen LogP contribution in [0.2, 0.25) is 0 Å². The Bertz CT molecular complexity index is 316. The Labute approximate surface area is 111 Å². The molecule has 0 bridgehead atoms. The van der Waals surface area contributed by atoms with Crippen molar-refractivity contribution in [3.05, 3.63) is 35.9 Å². The van der Waals surface area contributed by atoms with Crippen LogP contribution in [0.5, 0.6) is 0 Å². The summed E-state index contributed by atoms with van der Waals surface area (Å²) in [6, 6.07) is 11.1. The molecule has 1 rings (SSSR count). The molecule has 0 aliphatic heterocycles. The second-order valence-electron chi connectivity index (χ2n) is 5.03. The Hall–Kier alpha value is -0.900. The molecule has 0 saturated heterocycles. The Kier molecular flexibility index (Phi) is 6.94. The van der Waals surface area contributed by atoms with Gasteiger partial charge in [-0.05, 0) is 32.4 Å². The van der Waals surface area contributed by atoms with E-state index in [1.165, 1.54) is 5.56 Å². The lowest BCUT2D eigenvalue weighted by Gasteiger charge is -2.27. The number of likely N-dealkylation sites (N-methyl/N-ethyl adjacent to an activating group) is 1. The molecule has 18 heavy (non-hydrogen) atoms. The van der Waals surface area contributed by atoms with Gasteiger partial charge in [-0.2, -0.15) is 0 Å². The maximum atomic E-state index is 6.17. The summed E-state index contributed by atoms with van der Waals surface area (Å²) in [5.74, 6) is 0. The van der Waals surface area contributed by atoms with E-state index in [2.05, 4.69) is 43.1 Å².